The summed E-state index contributed by atoms with van der Waals surface area (Å²) in [6, 6.07) is 2.04. The third kappa shape index (κ3) is 4.06. The Morgan fingerprint density at radius 3 is 2.95 bits per heavy atom. The highest BCUT2D eigenvalue weighted by molar-refractivity contribution is 7.14. The van der Waals surface area contributed by atoms with Gasteiger partial charge in [0.15, 0.2) is 0 Å². The average molecular weight is 309 g/mol. The summed E-state index contributed by atoms with van der Waals surface area (Å²) in [6.07, 6.45) is 3.62. The first kappa shape index (κ1) is 16.0. The van der Waals surface area contributed by atoms with E-state index in [4.69, 9.17) is 4.74 Å². The summed E-state index contributed by atoms with van der Waals surface area (Å²) in [4.78, 5) is 27.5. The van der Waals surface area contributed by atoms with Crippen molar-refractivity contribution < 1.29 is 14.3 Å². The molecule has 0 aliphatic heterocycles. The van der Waals surface area contributed by atoms with Crippen molar-refractivity contribution >= 4 is 23.2 Å². The molecule has 1 atom stereocenters. The van der Waals surface area contributed by atoms with E-state index in [1.807, 2.05) is 6.07 Å². The number of esters is 1. The normalized spacial score (nSPS) is 17.2. The van der Waals surface area contributed by atoms with E-state index in [0.717, 1.165) is 17.7 Å². The molecule has 0 aromatic carbocycles. The van der Waals surface area contributed by atoms with E-state index in [0.29, 0.717) is 19.1 Å². The Balaban J connectivity index is 1.95. The smallest absolute Gasteiger partial charge is 0.307 e. The molecule has 1 aliphatic rings. The number of rotatable bonds is 5. The van der Waals surface area contributed by atoms with Gasteiger partial charge in [0, 0.05) is 18.5 Å². The van der Waals surface area contributed by atoms with Crippen molar-refractivity contribution in [3.8, 4) is 0 Å². The highest BCUT2D eigenvalue weighted by atomic mass is 32.1. The second-order valence-corrected chi connectivity index (χ2v) is 6.83. The van der Waals surface area contributed by atoms with Gasteiger partial charge in [-0.1, -0.05) is 6.92 Å². The van der Waals surface area contributed by atoms with Crippen molar-refractivity contribution in [2.24, 2.45) is 5.92 Å². The summed E-state index contributed by atoms with van der Waals surface area (Å²) in [5.74, 6) is 0.458. The highest BCUT2D eigenvalue weighted by Gasteiger charge is 2.22. The van der Waals surface area contributed by atoms with Gasteiger partial charge in [-0.05, 0) is 43.7 Å². The molecule has 2 rings (SSSR count). The molecule has 1 unspecified atom stereocenters. The number of ether oxygens (including phenoxy) is 1. The molecule has 0 fully saturated rings. The summed E-state index contributed by atoms with van der Waals surface area (Å²) >= 11 is 1.61. The maximum Gasteiger partial charge on any atom is 0.307 e. The van der Waals surface area contributed by atoms with E-state index in [9.17, 15) is 9.59 Å². The summed E-state index contributed by atoms with van der Waals surface area (Å²) in [5.41, 5.74) is 1.33. The molecule has 0 saturated carbocycles. The van der Waals surface area contributed by atoms with Crippen LogP contribution in [0.3, 0.4) is 0 Å². The summed E-state index contributed by atoms with van der Waals surface area (Å²) < 4.78 is 4.88. The summed E-state index contributed by atoms with van der Waals surface area (Å²) in [5, 5.41) is 0. The van der Waals surface area contributed by atoms with Crippen molar-refractivity contribution in [2.75, 3.05) is 20.2 Å². The first-order valence-corrected chi connectivity index (χ1v) is 8.35. The lowest BCUT2D eigenvalue weighted by molar-refractivity contribution is -0.143. The third-order valence-corrected chi connectivity index (χ3v) is 5.07. The minimum Gasteiger partial charge on any atom is -0.466 e. The molecule has 5 heteroatoms. The van der Waals surface area contributed by atoms with Crippen LogP contribution >= 0.6 is 11.3 Å². The maximum absolute atomic E-state index is 12.4. The lowest BCUT2D eigenvalue weighted by Gasteiger charge is -2.16. The maximum atomic E-state index is 12.4. The number of fused-ring (bicyclic) bond motifs is 1. The quantitative estimate of drug-likeness (QED) is 0.786. The minimum atomic E-state index is -0.253. The monoisotopic (exact) mass is 309 g/mol. The van der Waals surface area contributed by atoms with Crippen LogP contribution < -0.4 is 0 Å². The Bertz CT molecular complexity index is 524. The predicted molar refractivity (Wildman–Crippen MR) is 83.7 cm³/mol. The number of thiophene rings is 1. The molecule has 4 nitrogen and oxygen atoms in total. The van der Waals surface area contributed by atoms with Crippen LogP contribution in [0.25, 0.3) is 0 Å². The lowest BCUT2D eigenvalue weighted by atomic mass is 9.90. The molecular weight excluding hydrogens is 286 g/mol. The van der Waals surface area contributed by atoms with Gasteiger partial charge in [-0.3, -0.25) is 9.59 Å². The second kappa shape index (κ2) is 7.07. The van der Waals surface area contributed by atoms with Crippen LogP contribution in [0.1, 0.15) is 46.8 Å². The zero-order chi connectivity index (χ0) is 15.4. The molecular formula is C16H23NO3S. The minimum absolute atomic E-state index is 0.00588. The molecule has 1 aliphatic carbocycles. The highest BCUT2D eigenvalue weighted by Crippen LogP contribution is 2.32. The summed E-state index contributed by atoms with van der Waals surface area (Å²) in [6.45, 7) is 4.82. The fourth-order valence-electron chi connectivity index (χ4n) is 2.59. The van der Waals surface area contributed by atoms with Crippen molar-refractivity contribution in [3.05, 3.63) is 21.4 Å². The second-order valence-electron chi connectivity index (χ2n) is 5.69. The Labute approximate surface area is 130 Å². The molecule has 1 aromatic heterocycles. The van der Waals surface area contributed by atoms with Gasteiger partial charge >= 0.3 is 5.97 Å². The van der Waals surface area contributed by atoms with Gasteiger partial charge in [-0.25, -0.2) is 0 Å². The van der Waals surface area contributed by atoms with Crippen molar-refractivity contribution in [1.29, 1.82) is 0 Å². The number of amides is 1. The first-order chi connectivity index (χ1) is 10.0. The SMILES string of the molecule is CCOC(=O)CCN(C)C(=O)c1cc2c(s1)CCC(C)C2. The third-order valence-electron chi connectivity index (χ3n) is 3.84. The average Bonchev–Trinajstić information content (AvgIpc) is 2.87. The van der Waals surface area contributed by atoms with Gasteiger partial charge < -0.3 is 9.64 Å². The van der Waals surface area contributed by atoms with Crippen LogP contribution in [0.2, 0.25) is 0 Å². The molecule has 21 heavy (non-hydrogen) atoms. The number of hydrogen-bond acceptors (Lipinski definition) is 4. The van der Waals surface area contributed by atoms with E-state index < -0.39 is 0 Å². The Morgan fingerprint density at radius 1 is 1.48 bits per heavy atom. The molecule has 116 valence electrons. The molecule has 1 heterocycles. The largest absolute Gasteiger partial charge is 0.466 e. The van der Waals surface area contributed by atoms with Gasteiger partial charge in [-0.2, -0.15) is 0 Å². The van der Waals surface area contributed by atoms with Crippen molar-refractivity contribution in [1.82, 2.24) is 4.90 Å². The standard InChI is InChI=1S/C16H23NO3S/c1-4-20-15(18)7-8-17(3)16(19)14-10-12-9-11(2)5-6-13(12)21-14/h10-11H,4-9H2,1-3H3. The molecule has 0 spiro atoms. The molecule has 0 N–H and O–H groups in total. The van der Waals surface area contributed by atoms with E-state index in [1.165, 1.54) is 16.9 Å². The van der Waals surface area contributed by atoms with Crippen molar-refractivity contribution in [3.63, 3.8) is 0 Å². The van der Waals surface area contributed by atoms with Crippen LogP contribution in [0.5, 0.6) is 0 Å². The molecule has 1 aromatic rings. The van der Waals surface area contributed by atoms with Crippen LogP contribution in [0, 0.1) is 5.92 Å². The van der Waals surface area contributed by atoms with Crippen LogP contribution in [0.15, 0.2) is 6.07 Å². The Morgan fingerprint density at radius 2 is 2.24 bits per heavy atom. The molecule has 0 bridgehead atoms. The van der Waals surface area contributed by atoms with Crippen molar-refractivity contribution in [2.45, 2.75) is 39.5 Å². The lowest BCUT2D eigenvalue weighted by Crippen LogP contribution is -2.28. The van der Waals surface area contributed by atoms with Gasteiger partial charge in [0.1, 0.15) is 0 Å². The fourth-order valence-corrected chi connectivity index (χ4v) is 3.80. The Hall–Kier alpha value is -1.36. The number of carbonyl (C=O) groups excluding carboxylic acids is 2. The topological polar surface area (TPSA) is 46.6 Å². The molecule has 0 radical (unpaired) electrons. The fraction of sp³-hybridized carbons (Fsp3) is 0.625. The van der Waals surface area contributed by atoms with E-state index in [1.54, 1.807) is 30.2 Å². The molecule has 0 saturated heterocycles. The van der Waals surface area contributed by atoms with Crippen LogP contribution in [-0.4, -0.2) is 37.0 Å². The number of carbonyl (C=O) groups is 2. The number of nitrogens with zero attached hydrogens (tertiary/aromatic N) is 1. The molecule has 1 amide bonds. The Kier molecular flexibility index (Phi) is 5.39. The predicted octanol–water partition coefficient (Wildman–Crippen LogP) is 2.90. The van der Waals surface area contributed by atoms with E-state index >= 15 is 0 Å². The van der Waals surface area contributed by atoms with Gasteiger partial charge in [0.05, 0.1) is 17.9 Å². The first-order valence-electron chi connectivity index (χ1n) is 7.54. The zero-order valence-corrected chi connectivity index (χ0v) is 13.8. The van der Waals surface area contributed by atoms with Crippen LogP contribution in [-0.2, 0) is 22.4 Å². The van der Waals surface area contributed by atoms with Crippen LogP contribution in [0.4, 0.5) is 0 Å². The van der Waals surface area contributed by atoms with Gasteiger partial charge in [-0.15, -0.1) is 11.3 Å². The summed E-state index contributed by atoms with van der Waals surface area (Å²) in [7, 11) is 1.74. The number of aryl methyl sites for hydroxylation is 1. The van der Waals surface area contributed by atoms with E-state index in [2.05, 4.69) is 6.92 Å². The van der Waals surface area contributed by atoms with Gasteiger partial charge in [0.2, 0.25) is 0 Å². The van der Waals surface area contributed by atoms with E-state index in [-0.39, 0.29) is 18.3 Å². The number of hydrogen-bond donors (Lipinski definition) is 0. The van der Waals surface area contributed by atoms with Gasteiger partial charge in [0.25, 0.3) is 5.91 Å². The zero-order valence-electron chi connectivity index (χ0n) is 13.0.